The van der Waals surface area contributed by atoms with Crippen LogP contribution < -0.4 is 11.1 Å². The van der Waals surface area contributed by atoms with Gasteiger partial charge in [-0.1, -0.05) is 31.4 Å². The molecule has 6 rings (SSSR count). The summed E-state index contributed by atoms with van der Waals surface area (Å²) in [5, 5.41) is 3.13. The minimum absolute atomic E-state index is 0.00186. The number of benzene rings is 1. The Hall–Kier alpha value is -2.29. The molecule has 8 nitrogen and oxygen atoms in total. The van der Waals surface area contributed by atoms with Gasteiger partial charge < -0.3 is 25.6 Å². The molecule has 5 fully saturated rings. The van der Waals surface area contributed by atoms with Gasteiger partial charge in [0.15, 0.2) is 5.78 Å². The van der Waals surface area contributed by atoms with Gasteiger partial charge in [-0.2, -0.15) is 0 Å². The van der Waals surface area contributed by atoms with Crippen LogP contribution in [0.5, 0.6) is 0 Å². The molecule has 0 radical (unpaired) electrons. The van der Waals surface area contributed by atoms with Crippen LogP contribution in [-0.4, -0.2) is 83.4 Å². The normalized spacial score (nSPS) is 30.9. The van der Waals surface area contributed by atoms with Crippen LogP contribution >= 0.6 is 0 Å². The summed E-state index contributed by atoms with van der Waals surface area (Å²) in [4.78, 5) is 44.0. The van der Waals surface area contributed by atoms with Crippen molar-refractivity contribution in [1.29, 1.82) is 0 Å². The van der Waals surface area contributed by atoms with Crippen LogP contribution in [0, 0.1) is 0 Å². The Labute approximate surface area is 212 Å². The molecule has 3 heterocycles. The molecule has 8 heteroatoms. The van der Waals surface area contributed by atoms with Crippen molar-refractivity contribution in [3.8, 4) is 0 Å². The van der Waals surface area contributed by atoms with Crippen molar-refractivity contribution < 1.29 is 19.1 Å². The van der Waals surface area contributed by atoms with Crippen LogP contribution in [-0.2, 0) is 14.3 Å². The molecule has 0 spiro atoms. The van der Waals surface area contributed by atoms with Crippen LogP contribution in [0.2, 0.25) is 0 Å². The quantitative estimate of drug-likeness (QED) is 0.649. The molecule has 2 amide bonds. The van der Waals surface area contributed by atoms with Gasteiger partial charge in [0.2, 0.25) is 5.91 Å². The summed E-state index contributed by atoms with van der Waals surface area (Å²) < 4.78 is 5.58. The number of Topliss-reactive ketones (excluding diaryl/α,β-unsaturated/α-hetero) is 1. The first-order chi connectivity index (χ1) is 17.4. The number of likely N-dealkylation sites (tertiary alicyclic amines) is 2. The van der Waals surface area contributed by atoms with E-state index in [1.807, 2.05) is 12.1 Å². The van der Waals surface area contributed by atoms with E-state index in [1.54, 1.807) is 4.90 Å². The molecule has 2 saturated carbocycles. The van der Waals surface area contributed by atoms with E-state index < -0.39 is 17.7 Å². The van der Waals surface area contributed by atoms with Crippen LogP contribution in [0.1, 0.15) is 79.6 Å². The van der Waals surface area contributed by atoms with Crippen molar-refractivity contribution in [2.24, 2.45) is 5.73 Å². The van der Waals surface area contributed by atoms with Gasteiger partial charge in [0.25, 0.3) is 5.91 Å². The number of ketones is 1. The van der Waals surface area contributed by atoms with Crippen LogP contribution in [0.15, 0.2) is 24.3 Å². The minimum atomic E-state index is -0.999. The van der Waals surface area contributed by atoms with Crippen molar-refractivity contribution in [2.45, 2.75) is 93.5 Å². The first-order valence-corrected chi connectivity index (χ1v) is 13.8. The highest BCUT2D eigenvalue weighted by molar-refractivity contribution is 6.01. The predicted octanol–water partition coefficient (Wildman–Crippen LogP) is 1.97. The summed E-state index contributed by atoms with van der Waals surface area (Å²) in [6.45, 7) is 2.61. The number of nitrogens with one attached hydrogen (secondary N) is 1. The molecular formula is C28H38N4O4. The average molecular weight is 495 g/mol. The molecule has 0 bridgehead atoms. The molecule has 2 aliphatic carbocycles. The molecule has 3 saturated heterocycles. The third-order valence-electron chi connectivity index (χ3n) is 9.19. The van der Waals surface area contributed by atoms with Gasteiger partial charge in [0, 0.05) is 18.2 Å². The monoisotopic (exact) mass is 494 g/mol. The van der Waals surface area contributed by atoms with Gasteiger partial charge in [-0.3, -0.25) is 14.4 Å². The average Bonchev–Trinajstić information content (AvgIpc) is 3.61. The van der Waals surface area contributed by atoms with Gasteiger partial charge in [0.05, 0.1) is 6.04 Å². The van der Waals surface area contributed by atoms with Crippen LogP contribution in [0.3, 0.4) is 0 Å². The Balaban J connectivity index is 1.15. The fraction of sp³-hybridized carbons (Fsp3) is 0.679. The summed E-state index contributed by atoms with van der Waals surface area (Å²) in [5.41, 5.74) is 7.08. The zero-order chi connectivity index (χ0) is 24.9. The van der Waals surface area contributed by atoms with E-state index in [0.717, 1.165) is 38.4 Å². The third kappa shape index (κ3) is 4.37. The zero-order valence-electron chi connectivity index (χ0n) is 21.0. The lowest BCUT2D eigenvalue weighted by Crippen LogP contribution is -2.62. The second-order valence-corrected chi connectivity index (χ2v) is 11.6. The molecule has 194 valence electrons. The number of amides is 2. The van der Waals surface area contributed by atoms with Gasteiger partial charge >= 0.3 is 0 Å². The summed E-state index contributed by atoms with van der Waals surface area (Å²) in [5.74, 6) is 0.0322. The Bertz CT molecular complexity index is 1010. The minimum Gasteiger partial charge on any atom is -0.366 e. The standard InChI is InChI=1S/C28H38N4O4/c29-22-16-32(24-23(33)17-36-25(22)24)27(35)28(12-2-1-3-13-28)30-26(34)20-6-4-18(5-7-20)19-10-14-31(15-11-19)21-8-9-21/h4-7,19,21-22,24-25H,1-3,8-17,29H2,(H,30,34)/t22-,24+,25+/m0/s1. The fourth-order valence-corrected chi connectivity index (χ4v) is 6.96. The summed E-state index contributed by atoms with van der Waals surface area (Å²) >= 11 is 0. The van der Waals surface area contributed by atoms with E-state index in [-0.39, 0.29) is 36.8 Å². The lowest BCUT2D eigenvalue weighted by Gasteiger charge is -2.40. The van der Waals surface area contributed by atoms with Crippen molar-refractivity contribution in [3.05, 3.63) is 35.4 Å². The van der Waals surface area contributed by atoms with E-state index >= 15 is 0 Å². The number of carbonyl (C=O) groups is 3. The highest BCUT2D eigenvalue weighted by atomic mass is 16.5. The highest BCUT2D eigenvalue weighted by Crippen LogP contribution is 2.36. The van der Waals surface area contributed by atoms with Crippen molar-refractivity contribution in [3.63, 3.8) is 0 Å². The zero-order valence-corrected chi connectivity index (χ0v) is 21.0. The number of hydrogen-bond acceptors (Lipinski definition) is 6. The molecular weight excluding hydrogens is 456 g/mol. The first-order valence-electron chi connectivity index (χ1n) is 13.8. The molecule has 3 atom stereocenters. The Morgan fingerprint density at radius 3 is 2.36 bits per heavy atom. The van der Waals surface area contributed by atoms with Crippen molar-refractivity contribution in [1.82, 2.24) is 15.1 Å². The molecule has 36 heavy (non-hydrogen) atoms. The Morgan fingerprint density at radius 1 is 1.00 bits per heavy atom. The summed E-state index contributed by atoms with van der Waals surface area (Å²) in [6.07, 6.45) is 8.52. The molecule has 3 N–H and O–H groups in total. The number of fused-ring (bicyclic) bond motifs is 1. The van der Waals surface area contributed by atoms with Crippen LogP contribution in [0.4, 0.5) is 0 Å². The first kappa shape index (κ1) is 24.1. The summed E-state index contributed by atoms with van der Waals surface area (Å²) in [6, 6.07) is 7.78. The van der Waals surface area contributed by atoms with E-state index in [9.17, 15) is 14.4 Å². The SMILES string of the molecule is N[C@H]1CN(C(=O)C2(NC(=O)c3ccc(C4CCN(C5CC5)CC4)cc3)CCCCC2)[C@@H]2C(=O)CO[C@@H]21. The number of hydrogen-bond donors (Lipinski definition) is 2. The molecule has 0 unspecified atom stereocenters. The number of carbonyl (C=O) groups excluding carboxylic acids is 3. The molecule has 3 aliphatic heterocycles. The van der Waals surface area contributed by atoms with Crippen molar-refractivity contribution in [2.75, 3.05) is 26.2 Å². The Morgan fingerprint density at radius 2 is 1.69 bits per heavy atom. The Kier molecular flexibility index (Phi) is 6.38. The second-order valence-electron chi connectivity index (χ2n) is 11.6. The fourth-order valence-electron chi connectivity index (χ4n) is 6.96. The van der Waals surface area contributed by atoms with Gasteiger partial charge in [-0.15, -0.1) is 0 Å². The lowest BCUT2D eigenvalue weighted by molar-refractivity contribution is -0.143. The number of ether oxygens (including phenoxy) is 1. The summed E-state index contributed by atoms with van der Waals surface area (Å²) in [7, 11) is 0. The van der Waals surface area contributed by atoms with E-state index in [4.69, 9.17) is 10.5 Å². The van der Waals surface area contributed by atoms with Gasteiger partial charge in [-0.05, 0) is 75.2 Å². The van der Waals surface area contributed by atoms with Gasteiger partial charge in [-0.25, -0.2) is 0 Å². The number of rotatable bonds is 5. The topological polar surface area (TPSA) is 105 Å². The van der Waals surface area contributed by atoms with Gasteiger partial charge in [0.1, 0.15) is 24.3 Å². The van der Waals surface area contributed by atoms with E-state index in [0.29, 0.717) is 24.3 Å². The molecule has 5 aliphatic rings. The largest absolute Gasteiger partial charge is 0.366 e. The third-order valence-corrected chi connectivity index (χ3v) is 9.19. The lowest BCUT2D eigenvalue weighted by atomic mass is 9.80. The van der Waals surface area contributed by atoms with E-state index in [2.05, 4.69) is 22.3 Å². The number of nitrogens with two attached hydrogens (primary N) is 1. The van der Waals surface area contributed by atoms with E-state index in [1.165, 1.54) is 31.2 Å². The molecule has 1 aromatic rings. The molecule has 1 aromatic carbocycles. The van der Waals surface area contributed by atoms with Crippen LogP contribution in [0.25, 0.3) is 0 Å². The van der Waals surface area contributed by atoms with Crippen molar-refractivity contribution >= 4 is 17.6 Å². The molecule has 0 aromatic heterocycles. The smallest absolute Gasteiger partial charge is 0.252 e. The number of nitrogens with zero attached hydrogens (tertiary/aromatic N) is 2. The number of piperidine rings is 1. The maximum atomic E-state index is 13.9. The predicted molar refractivity (Wildman–Crippen MR) is 135 cm³/mol. The highest BCUT2D eigenvalue weighted by Gasteiger charge is 2.55. The maximum absolute atomic E-state index is 13.9. The second kappa shape index (κ2) is 9.54. The maximum Gasteiger partial charge on any atom is 0.252 e.